The zero-order valence-corrected chi connectivity index (χ0v) is 21.7. The number of nitrogens with zero attached hydrogens (tertiary/aromatic N) is 1. The molecule has 4 rings (SSSR count). The fourth-order valence-electron chi connectivity index (χ4n) is 4.11. The predicted molar refractivity (Wildman–Crippen MR) is 139 cm³/mol. The van der Waals surface area contributed by atoms with Gasteiger partial charge in [-0.25, -0.2) is 13.2 Å². The molecule has 1 aliphatic rings. The summed E-state index contributed by atoms with van der Waals surface area (Å²) in [7, 11) is -2.23. The summed E-state index contributed by atoms with van der Waals surface area (Å²) >= 11 is 7.47. The minimum atomic E-state index is -3.56. The van der Waals surface area contributed by atoms with Gasteiger partial charge in [-0.1, -0.05) is 29.8 Å². The highest BCUT2D eigenvalue weighted by Gasteiger charge is 2.27. The van der Waals surface area contributed by atoms with Crippen molar-refractivity contribution in [2.24, 2.45) is 0 Å². The molecule has 35 heavy (non-hydrogen) atoms. The number of benzene rings is 2. The first-order valence-corrected chi connectivity index (χ1v) is 14.1. The number of aryl methyl sites for hydroxylation is 1. The number of hydrogen-bond acceptors (Lipinski definition) is 6. The first kappa shape index (κ1) is 25.2. The number of fused-ring (bicyclic) bond motifs is 1. The fraction of sp³-hybridized carbons (Fsp3) is 0.280. The van der Waals surface area contributed by atoms with Crippen LogP contribution in [0.3, 0.4) is 0 Å². The van der Waals surface area contributed by atoms with Crippen molar-refractivity contribution in [1.29, 1.82) is 0 Å². The number of hydrogen-bond donors (Lipinski definition) is 1. The number of nitrogens with one attached hydrogen (secondary N) is 1. The molecule has 0 atom stereocenters. The Bertz CT molecular complexity index is 1370. The summed E-state index contributed by atoms with van der Waals surface area (Å²) in [5.41, 5.74) is 2.97. The lowest BCUT2D eigenvalue weighted by Gasteiger charge is -2.22. The Morgan fingerprint density at radius 3 is 2.49 bits per heavy atom. The van der Waals surface area contributed by atoms with Gasteiger partial charge in [-0.15, -0.1) is 11.3 Å². The molecule has 0 saturated heterocycles. The first-order chi connectivity index (χ1) is 16.7. The van der Waals surface area contributed by atoms with E-state index in [2.05, 4.69) is 5.32 Å². The van der Waals surface area contributed by atoms with E-state index >= 15 is 0 Å². The number of anilines is 2. The molecule has 0 aliphatic heterocycles. The van der Waals surface area contributed by atoms with Gasteiger partial charge in [0.1, 0.15) is 5.00 Å². The molecular formula is C25H25ClN2O5S2. The highest BCUT2D eigenvalue weighted by atomic mass is 35.5. The quantitative estimate of drug-likeness (QED) is 0.418. The number of amides is 1. The third-order valence-corrected chi connectivity index (χ3v) is 8.41. The number of ether oxygens (including phenoxy) is 1. The highest BCUT2D eigenvalue weighted by Crippen LogP contribution is 2.38. The largest absolute Gasteiger partial charge is 0.465 e. The van der Waals surface area contributed by atoms with Crippen LogP contribution in [0, 0.1) is 0 Å². The van der Waals surface area contributed by atoms with Crippen LogP contribution in [0.15, 0.2) is 48.5 Å². The van der Waals surface area contributed by atoms with Crippen LogP contribution >= 0.6 is 22.9 Å². The lowest BCUT2D eigenvalue weighted by Crippen LogP contribution is -2.29. The van der Waals surface area contributed by atoms with Gasteiger partial charge in [0.25, 0.3) is 5.91 Å². The van der Waals surface area contributed by atoms with E-state index in [0.29, 0.717) is 32.4 Å². The number of sulfonamides is 1. The standard InChI is InChI=1S/C25H25ClN2O5S2/c1-33-25(30)22-20-8-3-4-9-21(20)34-24(22)27-23(29)17-12-10-16(11-13-17)15-28(35(2,31)32)19-7-5-6-18(26)14-19/h5-7,10-14H,3-4,8-9,15H2,1-2H3,(H,27,29). The zero-order chi connectivity index (χ0) is 25.2. The molecule has 0 fully saturated rings. The van der Waals surface area contributed by atoms with E-state index < -0.39 is 16.0 Å². The van der Waals surface area contributed by atoms with E-state index in [-0.39, 0.29) is 12.5 Å². The molecule has 1 heterocycles. The van der Waals surface area contributed by atoms with Gasteiger partial charge in [0.2, 0.25) is 10.0 Å². The van der Waals surface area contributed by atoms with Crippen LogP contribution in [0.4, 0.5) is 10.7 Å². The summed E-state index contributed by atoms with van der Waals surface area (Å²) in [6, 6.07) is 13.3. The minimum absolute atomic E-state index is 0.0885. The Morgan fingerprint density at radius 1 is 1.11 bits per heavy atom. The molecule has 0 spiro atoms. The lowest BCUT2D eigenvalue weighted by molar-refractivity contribution is 0.0601. The second kappa shape index (κ2) is 10.4. The molecule has 0 saturated carbocycles. The molecular weight excluding hydrogens is 508 g/mol. The molecule has 10 heteroatoms. The number of rotatable bonds is 7. The van der Waals surface area contributed by atoms with E-state index in [1.807, 2.05) is 0 Å². The van der Waals surface area contributed by atoms with Crippen LogP contribution in [0.25, 0.3) is 0 Å². The average molecular weight is 533 g/mol. The third kappa shape index (κ3) is 5.69. The van der Waals surface area contributed by atoms with E-state index in [1.54, 1.807) is 48.5 Å². The van der Waals surface area contributed by atoms with Crippen molar-refractivity contribution in [2.75, 3.05) is 23.0 Å². The van der Waals surface area contributed by atoms with Crippen molar-refractivity contribution in [3.63, 3.8) is 0 Å². The minimum Gasteiger partial charge on any atom is -0.465 e. The van der Waals surface area contributed by atoms with Gasteiger partial charge in [-0.3, -0.25) is 9.10 Å². The van der Waals surface area contributed by atoms with E-state index in [4.69, 9.17) is 16.3 Å². The molecule has 2 aromatic carbocycles. The number of halogens is 1. The third-order valence-electron chi connectivity index (χ3n) is 5.83. The molecule has 1 aliphatic carbocycles. The molecule has 7 nitrogen and oxygen atoms in total. The molecule has 3 aromatic rings. The van der Waals surface area contributed by atoms with Crippen molar-refractivity contribution in [1.82, 2.24) is 0 Å². The fourth-order valence-corrected chi connectivity index (χ4v) is 6.44. The Morgan fingerprint density at radius 2 is 1.83 bits per heavy atom. The maximum Gasteiger partial charge on any atom is 0.341 e. The molecule has 1 N–H and O–H groups in total. The Balaban J connectivity index is 1.54. The molecule has 1 amide bonds. The topological polar surface area (TPSA) is 92.8 Å². The van der Waals surface area contributed by atoms with Crippen LogP contribution in [0.2, 0.25) is 5.02 Å². The summed E-state index contributed by atoms with van der Waals surface area (Å²) < 4.78 is 31.0. The average Bonchev–Trinajstić information content (AvgIpc) is 3.19. The van der Waals surface area contributed by atoms with Crippen molar-refractivity contribution >= 4 is 55.5 Å². The van der Waals surface area contributed by atoms with Gasteiger partial charge in [0, 0.05) is 15.5 Å². The van der Waals surface area contributed by atoms with E-state index in [9.17, 15) is 18.0 Å². The van der Waals surface area contributed by atoms with Gasteiger partial charge in [0.05, 0.1) is 31.2 Å². The molecule has 0 bridgehead atoms. The second-order valence-electron chi connectivity index (χ2n) is 8.31. The number of carbonyl (C=O) groups excluding carboxylic acids is 2. The van der Waals surface area contributed by atoms with Gasteiger partial charge in [-0.2, -0.15) is 0 Å². The van der Waals surface area contributed by atoms with Gasteiger partial charge in [-0.05, 0) is 67.1 Å². The summed E-state index contributed by atoms with van der Waals surface area (Å²) in [4.78, 5) is 26.5. The van der Waals surface area contributed by atoms with Crippen molar-refractivity contribution in [2.45, 2.75) is 32.2 Å². The summed E-state index contributed by atoms with van der Waals surface area (Å²) in [6.07, 6.45) is 4.88. The first-order valence-electron chi connectivity index (χ1n) is 11.0. The molecule has 184 valence electrons. The summed E-state index contributed by atoms with van der Waals surface area (Å²) in [6.45, 7) is 0.0885. The number of esters is 1. The van der Waals surface area contributed by atoms with Crippen LogP contribution in [0.1, 0.15) is 49.6 Å². The molecule has 0 unspecified atom stereocenters. The van der Waals surface area contributed by atoms with Gasteiger partial charge >= 0.3 is 5.97 Å². The van der Waals surface area contributed by atoms with E-state index in [0.717, 1.165) is 42.4 Å². The predicted octanol–water partition coefficient (Wildman–Crippen LogP) is 5.29. The van der Waals surface area contributed by atoms with Crippen molar-refractivity contribution in [3.8, 4) is 0 Å². The van der Waals surface area contributed by atoms with Crippen LogP contribution in [-0.2, 0) is 34.1 Å². The maximum absolute atomic E-state index is 13.0. The summed E-state index contributed by atoms with van der Waals surface area (Å²) in [5, 5.41) is 3.81. The molecule has 0 radical (unpaired) electrons. The highest BCUT2D eigenvalue weighted by molar-refractivity contribution is 7.92. The SMILES string of the molecule is COC(=O)c1c(NC(=O)c2ccc(CN(c3cccc(Cl)c3)S(C)(=O)=O)cc2)sc2c1CCCC2. The Labute approximate surface area is 213 Å². The number of thiophene rings is 1. The Kier molecular flexibility index (Phi) is 7.49. The van der Waals surface area contributed by atoms with Crippen LogP contribution < -0.4 is 9.62 Å². The van der Waals surface area contributed by atoms with E-state index in [1.165, 1.54) is 22.8 Å². The molecule has 1 aromatic heterocycles. The number of methoxy groups -OCH3 is 1. The van der Waals surface area contributed by atoms with Crippen molar-refractivity contribution in [3.05, 3.63) is 80.7 Å². The van der Waals surface area contributed by atoms with Crippen LogP contribution in [-0.4, -0.2) is 33.7 Å². The van der Waals surface area contributed by atoms with Crippen molar-refractivity contribution < 1.29 is 22.7 Å². The Hall–Kier alpha value is -2.88. The maximum atomic E-state index is 13.0. The second-order valence-corrected chi connectivity index (χ2v) is 11.8. The lowest BCUT2D eigenvalue weighted by atomic mass is 9.95. The zero-order valence-electron chi connectivity index (χ0n) is 19.3. The smallest absolute Gasteiger partial charge is 0.341 e. The van der Waals surface area contributed by atoms with Crippen LogP contribution in [0.5, 0.6) is 0 Å². The summed E-state index contributed by atoms with van der Waals surface area (Å²) in [5.74, 6) is -0.799. The number of carbonyl (C=O) groups is 2. The van der Waals surface area contributed by atoms with Gasteiger partial charge in [0.15, 0.2) is 0 Å². The monoisotopic (exact) mass is 532 g/mol. The van der Waals surface area contributed by atoms with Gasteiger partial charge < -0.3 is 10.1 Å². The normalized spacial score (nSPS) is 13.1.